The summed E-state index contributed by atoms with van der Waals surface area (Å²) in [5, 5.41) is 12.7. The van der Waals surface area contributed by atoms with E-state index in [0.29, 0.717) is 17.8 Å². The van der Waals surface area contributed by atoms with Gasteiger partial charge in [-0.3, -0.25) is 10.2 Å². The normalized spacial score (nSPS) is 9.80. The molecule has 2 aromatic carbocycles. The number of carbonyl (C=O) groups excluding carboxylic acids is 1. The molecule has 0 bridgehead atoms. The number of anilines is 1. The summed E-state index contributed by atoms with van der Waals surface area (Å²) in [6.07, 6.45) is 0. The average molecular weight is 268 g/mol. The fraction of sp³-hybridized carbons (Fsp3) is 0.0667. The van der Waals surface area contributed by atoms with Crippen LogP contribution < -0.4 is 16.4 Å². The largest absolute Gasteiger partial charge is 0.370 e. The smallest absolute Gasteiger partial charge is 0.255 e. The lowest BCUT2D eigenvalue weighted by Crippen LogP contribution is -2.29. The van der Waals surface area contributed by atoms with Gasteiger partial charge in [0, 0.05) is 17.8 Å². The maximum atomic E-state index is 12.0. The average Bonchev–Trinajstić information content (AvgIpc) is 2.46. The third-order valence-corrected chi connectivity index (χ3v) is 2.70. The molecule has 0 aliphatic heterocycles. The minimum Gasteiger partial charge on any atom is -0.370 e. The van der Waals surface area contributed by atoms with E-state index in [4.69, 9.17) is 11.1 Å². The first-order chi connectivity index (χ1) is 9.65. The zero-order valence-electron chi connectivity index (χ0n) is 10.9. The van der Waals surface area contributed by atoms with Crippen LogP contribution in [0.25, 0.3) is 0 Å². The summed E-state index contributed by atoms with van der Waals surface area (Å²) < 4.78 is 0. The summed E-state index contributed by atoms with van der Waals surface area (Å²) >= 11 is 0. The molecule has 0 fully saturated rings. The highest BCUT2D eigenvalue weighted by atomic mass is 16.1. The predicted octanol–water partition coefficient (Wildman–Crippen LogP) is 1.92. The number of hydrogen-bond acceptors (Lipinski definition) is 2. The standard InChI is InChI=1S/C15H16N4O/c16-15(17)18-10-11-5-4-8-13(9-11)19-14(20)12-6-2-1-3-7-12/h1-9H,10H2,(H,19,20)(H4,16,17,18). The van der Waals surface area contributed by atoms with Crippen LogP contribution in [0.4, 0.5) is 5.69 Å². The van der Waals surface area contributed by atoms with E-state index < -0.39 is 0 Å². The molecular formula is C15H16N4O. The number of nitrogens with two attached hydrogens (primary N) is 1. The van der Waals surface area contributed by atoms with E-state index in [1.807, 2.05) is 42.5 Å². The third kappa shape index (κ3) is 3.84. The van der Waals surface area contributed by atoms with Crippen LogP contribution in [0.2, 0.25) is 0 Å². The second kappa shape index (κ2) is 6.38. The highest BCUT2D eigenvalue weighted by Crippen LogP contribution is 2.12. The Morgan fingerprint density at radius 1 is 1.10 bits per heavy atom. The van der Waals surface area contributed by atoms with Gasteiger partial charge in [-0.2, -0.15) is 0 Å². The Morgan fingerprint density at radius 2 is 1.85 bits per heavy atom. The second-order valence-electron chi connectivity index (χ2n) is 4.29. The van der Waals surface area contributed by atoms with Crippen LogP contribution in [0.15, 0.2) is 54.6 Å². The lowest BCUT2D eigenvalue weighted by atomic mass is 10.1. The van der Waals surface area contributed by atoms with Crippen molar-refractivity contribution < 1.29 is 4.79 Å². The molecule has 0 heterocycles. The lowest BCUT2D eigenvalue weighted by molar-refractivity contribution is 0.102. The van der Waals surface area contributed by atoms with Crippen molar-refractivity contribution in [1.29, 1.82) is 5.41 Å². The molecule has 5 heteroatoms. The van der Waals surface area contributed by atoms with Crippen molar-refractivity contribution in [1.82, 2.24) is 5.32 Å². The first-order valence-electron chi connectivity index (χ1n) is 6.18. The first-order valence-corrected chi connectivity index (χ1v) is 6.18. The summed E-state index contributed by atoms with van der Waals surface area (Å²) in [4.78, 5) is 12.0. The van der Waals surface area contributed by atoms with E-state index in [9.17, 15) is 4.79 Å². The molecule has 2 rings (SSSR count). The summed E-state index contributed by atoms with van der Waals surface area (Å²) in [5.41, 5.74) is 7.49. The highest BCUT2D eigenvalue weighted by molar-refractivity contribution is 6.04. The Kier molecular flexibility index (Phi) is 4.34. The van der Waals surface area contributed by atoms with Gasteiger partial charge in [0.2, 0.25) is 0 Å². The molecule has 0 saturated heterocycles. The van der Waals surface area contributed by atoms with Gasteiger partial charge in [0.05, 0.1) is 0 Å². The topological polar surface area (TPSA) is 91.0 Å². The van der Waals surface area contributed by atoms with E-state index in [2.05, 4.69) is 10.6 Å². The number of guanidine groups is 1. The monoisotopic (exact) mass is 268 g/mol. The van der Waals surface area contributed by atoms with Gasteiger partial charge in [-0.15, -0.1) is 0 Å². The molecule has 0 spiro atoms. The number of amides is 1. The van der Waals surface area contributed by atoms with Crippen molar-refractivity contribution in [2.45, 2.75) is 6.54 Å². The molecule has 0 aliphatic carbocycles. The molecular weight excluding hydrogens is 252 g/mol. The van der Waals surface area contributed by atoms with Gasteiger partial charge < -0.3 is 16.4 Å². The van der Waals surface area contributed by atoms with E-state index >= 15 is 0 Å². The predicted molar refractivity (Wildman–Crippen MR) is 79.6 cm³/mol. The fourth-order valence-electron chi connectivity index (χ4n) is 1.75. The van der Waals surface area contributed by atoms with Crippen LogP contribution in [0, 0.1) is 5.41 Å². The van der Waals surface area contributed by atoms with Crippen molar-refractivity contribution in [3.63, 3.8) is 0 Å². The van der Waals surface area contributed by atoms with Crippen LogP contribution in [-0.2, 0) is 6.54 Å². The minimum atomic E-state index is -0.151. The van der Waals surface area contributed by atoms with Gasteiger partial charge in [0.15, 0.2) is 5.96 Å². The molecule has 5 nitrogen and oxygen atoms in total. The summed E-state index contributed by atoms with van der Waals surface area (Å²) in [5.74, 6) is -0.231. The second-order valence-corrected chi connectivity index (χ2v) is 4.29. The van der Waals surface area contributed by atoms with Crippen molar-refractivity contribution >= 4 is 17.6 Å². The number of benzene rings is 2. The zero-order chi connectivity index (χ0) is 14.4. The molecule has 0 saturated carbocycles. The third-order valence-electron chi connectivity index (χ3n) is 2.70. The zero-order valence-corrected chi connectivity index (χ0v) is 10.9. The van der Waals surface area contributed by atoms with Crippen molar-refractivity contribution in [3.8, 4) is 0 Å². The molecule has 1 amide bonds. The van der Waals surface area contributed by atoms with Gasteiger partial charge in [0.1, 0.15) is 0 Å². The van der Waals surface area contributed by atoms with Crippen molar-refractivity contribution in [3.05, 3.63) is 65.7 Å². The highest BCUT2D eigenvalue weighted by Gasteiger charge is 2.05. The SMILES string of the molecule is N=C(N)NCc1cccc(NC(=O)c2ccccc2)c1. The van der Waals surface area contributed by atoms with Crippen LogP contribution in [0.1, 0.15) is 15.9 Å². The molecule has 102 valence electrons. The molecule has 0 atom stereocenters. The number of carbonyl (C=O) groups is 1. The van der Waals surface area contributed by atoms with Crippen LogP contribution in [0.5, 0.6) is 0 Å². The molecule has 0 radical (unpaired) electrons. The van der Waals surface area contributed by atoms with Gasteiger partial charge >= 0.3 is 0 Å². The quantitative estimate of drug-likeness (QED) is 0.504. The Labute approximate surface area is 117 Å². The summed E-state index contributed by atoms with van der Waals surface area (Å²) in [6.45, 7) is 0.449. The Hall–Kier alpha value is -2.82. The van der Waals surface area contributed by atoms with E-state index in [1.54, 1.807) is 12.1 Å². The number of nitrogens with one attached hydrogen (secondary N) is 3. The fourth-order valence-corrected chi connectivity index (χ4v) is 1.75. The van der Waals surface area contributed by atoms with Gasteiger partial charge in [0.25, 0.3) is 5.91 Å². The maximum Gasteiger partial charge on any atom is 0.255 e. The van der Waals surface area contributed by atoms with Gasteiger partial charge in [-0.25, -0.2) is 0 Å². The molecule has 0 unspecified atom stereocenters. The maximum absolute atomic E-state index is 12.0. The number of rotatable bonds is 4. The first kappa shape index (κ1) is 13.6. The Bertz CT molecular complexity index is 610. The molecule has 2 aromatic rings. The minimum absolute atomic E-state index is 0.0799. The van der Waals surface area contributed by atoms with E-state index in [-0.39, 0.29) is 11.9 Å². The Balaban J connectivity index is 2.04. The lowest BCUT2D eigenvalue weighted by Gasteiger charge is -2.08. The van der Waals surface area contributed by atoms with E-state index in [0.717, 1.165) is 5.56 Å². The van der Waals surface area contributed by atoms with E-state index in [1.165, 1.54) is 0 Å². The molecule has 0 aliphatic rings. The molecule has 0 aromatic heterocycles. The summed E-state index contributed by atoms with van der Waals surface area (Å²) in [6, 6.07) is 16.4. The summed E-state index contributed by atoms with van der Waals surface area (Å²) in [7, 11) is 0. The molecule has 5 N–H and O–H groups in total. The Morgan fingerprint density at radius 3 is 2.55 bits per heavy atom. The van der Waals surface area contributed by atoms with Crippen LogP contribution in [-0.4, -0.2) is 11.9 Å². The van der Waals surface area contributed by atoms with Crippen LogP contribution in [0.3, 0.4) is 0 Å². The number of hydrogen-bond donors (Lipinski definition) is 4. The van der Waals surface area contributed by atoms with Crippen LogP contribution >= 0.6 is 0 Å². The van der Waals surface area contributed by atoms with Crippen molar-refractivity contribution in [2.75, 3.05) is 5.32 Å². The molecule has 20 heavy (non-hydrogen) atoms. The van der Waals surface area contributed by atoms with Gasteiger partial charge in [-0.05, 0) is 29.8 Å². The van der Waals surface area contributed by atoms with Crippen molar-refractivity contribution in [2.24, 2.45) is 5.73 Å². The van der Waals surface area contributed by atoms with Gasteiger partial charge in [-0.1, -0.05) is 30.3 Å².